The van der Waals surface area contributed by atoms with Crippen LogP contribution < -0.4 is 5.32 Å². The molecule has 6 heteroatoms. The van der Waals surface area contributed by atoms with Gasteiger partial charge in [0.15, 0.2) is 0 Å². The predicted octanol–water partition coefficient (Wildman–Crippen LogP) is 2.27. The molecule has 20 heavy (non-hydrogen) atoms. The van der Waals surface area contributed by atoms with Crippen LogP contribution in [0, 0.1) is 16.0 Å². The maximum atomic E-state index is 12.0. The average Bonchev–Trinajstić information content (AvgIpc) is 2.38. The molecule has 1 saturated heterocycles. The predicted molar refractivity (Wildman–Crippen MR) is 76.6 cm³/mol. The van der Waals surface area contributed by atoms with Gasteiger partial charge < -0.3 is 5.32 Å². The van der Waals surface area contributed by atoms with Gasteiger partial charge >= 0.3 is 0 Å². The second-order valence-corrected chi connectivity index (χ2v) is 5.30. The van der Waals surface area contributed by atoms with Crippen LogP contribution in [0.2, 0.25) is 0 Å². The van der Waals surface area contributed by atoms with E-state index in [4.69, 9.17) is 0 Å². The van der Waals surface area contributed by atoms with Gasteiger partial charge in [-0.2, -0.15) is 0 Å². The number of rotatable bonds is 4. The number of nitrogens with zero attached hydrogens (tertiary/aromatic N) is 2. The molecule has 0 radical (unpaired) electrons. The van der Waals surface area contributed by atoms with Crippen molar-refractivity contribution in [1.82, 2.24) is 4.90 Å². The van der Waals surface area contributed by atoms with Crippen molar-refractivity contribution in [3.63, 3.8) is 0 Å². The molecule has 1 aromatic rings. The molecule has 0 aromatic heterocycles. The Bertz CT molecular complexity index is 504. The number of hydrogen-bond acceptors (Lipinski definition) is 4. The van der Waals surface area contributed by atoms with Gasteiger partial charge in [0, 0.05) is 12.6 Å². The maximum Gasteiger partial charge on any atom is 0.292 e. The van der Waals surface area contributed by atoms with E-state index >= 15 is 0 Å². The minimum atomic E-state index is -0.488. The number of hydrogen-bond donors (Lipinski definition) is 1. The van der Waals surface area contributed by atoms with Gasteiger partial charge in [-0.15, -0.1) is 0 Å². The summed E-state index contributed by atoms with van der Waals surface area (Å²) in [6.07, 6.45) is 2.29. The van der Waals surface area contributed by atoms with E-state index in [2.05, 4.69) is 17.1 Å². The van der Waals surface area contributed by atoms with E-state index in [-0.39, 0.29) is 23.8 Å². The number of carbonyl (C=O) groups excluding carboxylic acids is 1. The molecule has 1 aliphatic rings. The van der Waals surface area contributed by atoms with Crippen molar-refractivity contribution < 1.29 is 9.72 Å². The number of benzene rings is 1. The lowest BCUT2D eigenvalue weighted by Crippen LogP contribution is -2.39. The number of nitrogens with one attached hydrogen (secondary N) is 1. The summed E-state index contributed by atoms with van der Waals surface area (Å²) in [6.45, 7) is 4.28. The molecule has 0 aliphatic carbocycles. The van der Waals surface area contributed by atoms with Crippen molar-refractivity contribution in [2.75, 3.05) is 25.0 Å². The van der Waals surface area contributed by atoms with Crippen LogP contribution in [0.4, 0.5) is 11.4 Å². The molecule has 1 N–H and O–H groups in total. The lowest BCUT2D eigenvalue weighted by Gasteiger charge is -2.30. The Hall–Kier alpha value is -1.95. The second kappa shape index (κ2) is 6.47. The third-order valence-corrected chi connectivity index (χ3v) is 3.48. The zero-order chi connectivity index (χ0) is 14.5. The Labute approximate surface area is 117 Å². The van der Waals surface area contributed by atoms with Crippen molar-refractivity contribution in [1.29, 1.82) is 0 Å². The number of amides is 1. The zero-order valence-electron chi connectivity index (χ0n) is 11.5. The number of piperidine rings is 1. The fourth-order valence-corrected chi connectivity index (χ4v) is 2.56. The number of nitro groups is 1. The molecule has 2 rings (SSSR count). The monoisotopic (exact) mass is 277 g/mol. The third kappa shape index (κ3) is 3.77. The van der Waals surface area contributed by atoms with Gasteiger partial charge in [0.2, 0.25) is 5.91 Å². The molecule has 108 valence electrons. The van der Waals surface area contributed by atoms with Gasteiger partial charge in [0.05, 0.1) is 11.5 Å². The molecule has 1 heterocycles. The molecule has 1 aromatic carbocycles. The van der Waals surface area contributed by atoms with Gasteiger partial charge in [-0.05, 0) is 31.4 Å². The van der Waals surface area contributed by atoms with Crippen molar-refractivity contribution in [3.05, 3.63) is 34.4 Å². The number of anilines is 1. The molecule has 0 bridgehead atoms. The van der Waals surface area contributed by atoms with E-state index in [1.165, 1.54) is 12.5 Å². The first-order valence-corrected chi connectivity index (χ1v) is 6.82. The van der Waals surface area contributed by atoms with Crippen LogP contribution in [0.25, 0.3) is 0 Å². The summed E-state index contributed by atoms with van der Waals surface area (Å²) in [6, 6.07) is 6.19. The fourth-order valence-electron chi connectivity index (χ4n) is 2.56. The first-order valence-electron chi connectivity index (χ1n) is 6.82. The van der Waals surface area contributed by atoms with Gasteiger partial charge in [-0.1, -0.05) is 19.1 Å². The van der Waals surface area contributed by atoms with Gasteiger partial charge in [0.25, 0.3) is 5.69 Å². The standard InChI is InChI=1S/C14H19N3O3/c1-11-5-4-8-16(9-11)10-14(18)15-12-6-2-3-7-13(12)17(19)20/h2-3,6-7,11H,4-5,8-10H2,1H3,(H,15,18)/t11-/m1/s1. The Balaban J connectivity index is 1.96. The lowest BCUT2D eigenvalue weighted by molar-refractivity contribution is -0.383. The van der Waals surface area contributed by atoms with Crippen LogP contribution in [0.15, 0.2) is 24.3 Å². The van der Waals surface area contributed by atoms with Crippen LogP contribution in [0.3, 0.4) is 0 Å². The minimum Gasteiger partial charge on any atom is -0.319 e. The maximum absolute atomic E-state index is 12.0. The molecule has 1 amide bonds. The summed E-state index contributed by atoms with van der Waals surface area (Å²) < 4.78 is 0. The summed E-state index contributed by atoms with van der Waals surface area (Å²) in [5.41, 5.74) is 0.181. The highest BCUT2D eigenvalue weighted by Crippen LogP contribution is 2.23. The van der Waals surface area contributed by atoms with E-state index in [1.807, 2.05) is 0 Å². The van der Waals surface area contributed by atoms with E-state index in [9.17, 15) is 14.9 Å². The number of carbonyl (C=O) groups is 1. The van der Waals surface area contributed by atoms with Crippen LogP contribution in [-0.4, -0.2) is 35.4 Å². The zero-order valence-corrected chi connectivity index (χ0v) is 11.5. The average molecular weight is 277 g/mol. The molecular formula is C14H19N3O3. The highest BCUT2D eigenvalue weighted by atomic mass is 16.6. The van der Waals surface area contributed by atoms with E-state index in [0.717, 1.165) is 19.5 Å². The first kappa shape index (κ1) is 14.5. The second-order valence-electron chi connectivity index (χ2n) is 5.30. The largest absolute Gasteiger partial charge is 0.319 e. The quantitative estimate of drug-likeness (QED) is 0.676. The molecular weight excluding hydrogens is 258 g/mol. The number of likely N-dealkylation sites (tertiary alicyclic amines) is 1. The third-order valence-electron chi connectivity index (χ3n) is 3.48. The van der Waals surface area contributed by atoms with Crippen molar-refractivity contribution in [2.45, 2.75) is 19.8 Å². The molecule has 0 saturated carbocycles. The fraction of sp³-hybridized carbons (Fsp3) is 0.500. The summed E-state index contributed by atoms with van der Waals surface area (Å²) in [5.74, 6) is 0.399. The summed E-state index contributed by atoms with van der Waals surface area (Å²) in [7, 11) is 0. The highest BCUT2D eigenvalue weighted by Gasteiger charge is 2.20. The summed E-state index contributed by atoms with van der Waals surface area (Å²) in [5, 5.41) is 13.5. The molecule has 0 unspecified atom stereocenters. The van der Waals surface area contributed by atoms with Crippen LogP contribution in [0.1, 0.15) is 19.8 Å². The lowest BCUT2D eigenvalue weighted by atomic mass is 10.0. The van der Waals surface area contributed by atoms with Crippen molar-refractivity contribution in [3.8, 4) is 0 Å². The van der Waals surface area contributed by atoms with E-state index < -0.39 is 4.92 Å². The summed E-state index contributed by atoms with van der Waals surface area (Å²) in [4.78, 5) is 24.5. The van der Waals surface area contributed by atoms with Gasteiger partial charge in [-0.3, -0.25) is 19.8 Å². The highest BCUT2D eigenvalue weighted by molar-refractivity contribution is 5.94. The smallest absolute Gasteiger partial charge is 0.292 e. The van der Waals surface area contributed by atoms with Crippen molar-refractivity contribution >= 4 is 17.3 Å². The van der Waals surface area contributed by atoms with Crippen LogP contribution in [-0.2, 0) is 4.79 Å². The van der Waals surface area contributed by atoms with Crippen LogP contribution in [0.5, 0.6) is 0 Å². The molecule has 1 atom stereocenters. The van der Waals surface area contributed by atoms with E-state index in [1.54, 1.807) is 18.2 Å². The van der Waals surface area contributed by atoms with Gasteiger partial charge in [-0.25, -0.2) is 0 Å². The Kier molecular flexibility index (Phi) is 4.68. The van der Waals surface area contributed by atoms with Crippen molar-refractivity contribution in [2.24, 2.45) is 5.92 Å². The summed E-state index contributed by atoms with van der Waals surface area (Å²) >= 11 is 0. The normalized spacial score (nSPS) is 19.6. The van der Waals surface area contributed by atoms with Crippen LogP contribution >= 0.6 is 0 Å². The van der Waals surface area contributed by atoms with Gasteiger partial charge in [0.1, 0.15) is 5.69 Å². The topological polar surface area (TPSA) is 75.5 Å². The number of nitro benzene ring substituents is 1. The Morgan fingerprint density at radius 2 is 2.25 bits per heavy atom. The SMILES string of the molecule is C[C@@H]1CCCN(CC(=O)Nc2ccccc2[N+](=O)[O-])C1. The van der Waals surface area contributed by atoms with E-state index in [0.29, 0.717) is 5.92 Å². The molecule has 6 nitrogen and oxygen atoms in total. The number of para-hydroxylation sites is 2. The Morgan fingerprint density at radius 1 is 1.50 bits per heavy atom. The molecule has 1 aliphatic heterocycles. The first-order chi connectivity index (χ1) is 9.56. The minimum absolute atomic E-state index is 0.0761. The molecule has 1 fully saturated rings. The Morgan fingerprint density at radius 3 is 2.95 bits per heavy atom. The molecule has 0 spiro atoms.